The molecule has 1 aromatic carbocycles. The molecule has 2 rings (SSSR count). The highest BCUT2D eigenvalue weighted by Gasteiger charge is 2.17. The second kappa shape index (κ2) is 5.93. The second-order valence-electron chi connectivity index (χ2n) is 5.36. The summed E-state index contributed by atoms with van der Waals surface area (Å²) >= 11 is 4.87. The maximum atomic E-state index is 9.69. The molecule has 0 fully saturated rings. The number of nitrogens with zero attached hydrogens (tertiary/aromatic N) is 2. The van der Waals surface area contributed by atoms with Crippen molar-refractivity contribution in [3.63, 3.8) is 0 Å². The normalized spacial score (nSPS) is 12.0. The predicted molar refractivity (Wildman–Crippen MR) is 87.8 cm³/mol. The molecule has 1 heterocycles. The SMILES string of the molecule is CC(C)(C)c1csc(N/N=C\c2cc(Br)ccc2O)n1. The van der Waals surface area contributed by atoms with Crippen molar-refractivity contribution in [1.29, 1.82) is 0 Å². The van der Waals surface area contributed by atoms with Gasteiger partial charge in [0.1, 0.15) is 5.75 Å². The zero-order valence-electron chi connectivity index (χ0n) is 11.5. The van der Waals surface area contributed by atoms with Crippen molar-refractivity contribution in [1.82, 2.24) is 4.98 Å². The van der Waals surface area contributed by atoms with E-state index in [9.17, 15) is 5.11 Å². The highest BCUT2D eigenvalue weighted by molar-refractivity contribution is 9.10. The summed E-state index contributed by atoms with van der Waals surface area (Å²) in [5.41, 5.74) is 4.58. The van der Waals surface area contributed by atoms with E-state index in [1.165, 1.54) is 11.3 Å². The largest absolute Gasteiger partial charge is 0.507 e. The fourth-order valence-corrected chi connectivity index (χ4v) is 2.72. The molecule has 0 atom stereocenters. The third-order valence-corrected chi connectivity index (χ3v) is 3.87. The van der Waals surface area contributed by atoms with E-state index in [1.807, 2.05) is 5.38 Å². The lowest BCUT2D eigenvalue weighted by Gasteiger charge is -2.13. The van der Waals surface area contributed by atoms with Gasteiger partial charge in [-0.15, -0.1) is 11.3 Å². The van der Waals surface area contributed by atoms with Crippen LogP contribution in [-0.4, -0.2) is 16.3 Å². The minimum absolute atomic E-state index is 0.0305. The summed E-state index contributed by atoms with van der Waals surface area (Å²) in [5, 5.41) is 16.6. The van der Waals surface area contributed by atoms with E-state index in [4.69, 9.17) is 0 Å². The third-order valence-electron chi connectivity index (χ3n) is 2.63. The molecule has 0 amide bonds. The molecule has 106 valence electrons. The molecular formula is C14H16BrN3OS. The molecule has 0 radical (unpaired) electrons. The second-order valence-corrected chi connectivity index (χ2v) is 7.13. The third kappa shape index (κ3) is 3.80. The first-order chi connectivity index (χ1) is 9.36. The van der Waals surface area contributed by atoms with Crippen molar-refractivity contribution in [2.45, 2.75) is 26.2 Å². The maximum Gasteiger partial charge on any atom is 0.203 e. The van der Waals surface area contributed by atoms with E-state index in [0.717, 1.165) is 15.3 Å². The number of phenolic OH excluding ortho intramolecular Hbond substituents is 1. The molecule has 0 aliphatic heterocycles. The topological polar surface area (TPSA) is 57.5 Å². The molecule has 0 aliphatic rings. The first-order valence-electron chi connectivity index (χ1n) is 6.10. The molecule has 0 saturated carbocycles. The predicted octanol–water partition coefficient (Wildman–Crippen LogP) is 4.35. The average Bonchev–Trinajstić information content (AvgIpc) is 2.82. The number of halogens is 1. The zero-order valence-corrected chi connectivity index (χ0v) is 13.9. The number of phenols is 1. The van der Waals surface area contributed by atoms with Gasteiger partial charge in [0.15, 0.2) is 0 Å². The smallest absolute Gasteiger partial charge is 0.203 e. The molecule has 6 heteroatoms. The molecule has 1 aromatic heterocycles. The van der Waals surface area contributed by atoms with Crippen LogP contribution in [0.15, 0.2) is 33.2 Å². The molecule has 0 spiro atoms. The van der Waals surface area contributed by atoms with Crippen LogP contribution in [0.2, 0.25) is 0 Å². The molecule has 2 N–H and O–H groups in total. The average molecular weight is 354 g/mol. The highest BCUT2D eigenvalue weighted by Crippen LogP contribution is 2.26. The van der Waals surface area contributed by atoms with Crippen LogP contribution < -0.4 is 5.43 Å². The van der Waals surface area contributed by atoms with E-state index in [0.29, 0.717) is 5.56 Å². The summed E-state index contributed by atoms with van der Waals surface area (Å²) in [6.07, 6.45) is 1.57. The molecule has 0 saturated heterocycles. The molecule has 2 aromatic rings. The summed E-state index contributed by atoms with van der Waals surface area (Å²) < 4.78 is 0.890. The molecule has 0 unspecified atom stereocenters. The number of hydrogen-bond acceptors (Lipinski definition) is 5. The number of anilines is 1. The Kier molecular flexibility index (Phi) is 4.45. The Hall–Kier alpha value is -1.40. The first-order valence-corrected chi connectivity index (χ1v) is 7.77. The van der Waals surface area contributed by atoms with E-state index in [-0.39, 0.29) is 11.2 Å². The van der Waals surface area contributed by atoms with E-state index in [1.54, 1.807) is 24.4 Å². The summed E-state index contributed by atoms with van der Waals surface area (Å²) in [4.78, 5) is 4.47. The maximum absolute atomic E-state index is 9.69. The molecule has 0 bridgehead atoms. The lowest BCUT2D eigenvalue weighted by atomic mass is 9.93. The molecule has 20 heavy (non-hydrogen) atoms. The summed E-state index contributed by atoms with van der Waals surface area (Å²) in [6, 6.07) is 5.19. The van der Waals surface area contributed by atoms with E-state index < -0.39 is 0 Å². The minimum atomic E-state index is 0.0305. The zero-order chi connectivity index (χ0) is 14.8. The minimum Gasteiger partial charge on any atom is -0.507 e. The quantitative estimate of drug-likeness (QED) is 0.636. The molecule has 4 nitrogen and oxygen atoms in total. The number of rotatable bonds is 3. The fourth-order valence-electron chi connectivity index (χ4n) is 1.46. The summed E-state index contributed by atoms with van der Waals surface area (Å²) in [7, 11) is 0. The van der Waals surface area contributed by atoms with Gasteiger partial charge in [0, 0.05) is 20.8 Å². The van der Waals surface area contributed by atoms with Crippen LogP contribution in [-0.2, 0) is 5.41 Å². The lowest BCUT2D eigenvalue weighted by Crippen LogP contribution is -2.11. The van der Waals surface area contributed by atoms with Gasteiger partial charge in [-0.05, 0) is 18.2 Å². The van der Waals surface area contributed by atoms with Gasteiger partial charge in [0.05, 0.1) is 11.9 Å². The number of aromatic hydroxyl groups is 1. The van der Waals surface area contributed by atoms with Crippen LogP contribution in [0.3, 0.4) is 0 Å². The fraction of sp³-hybridized carbons (Fsp3) is 0.286. The Labute approximate surface area is 130 Å². The summed E-state index contributed by atoms with van der Waals surface area (Å²) in [5.74, 6) is 0.188. The van der Waals surface area contributed by atoms with Gasteiger partial charge in [0.2, 0.25) is 5.13 Å². The number of nitrogens with one attached hydrogen (secondary N) is 1. The highest BCUT2D eigenvalue weighted by atomic mass is 79.9. The summed E-state index contributed by atoms with van der Waals surface area (Å²) in [6.45, 7) is 6.36. The van der Waals surface area contributed by atoms with Crippen molar-refractivity contribution >= 4 is 38.6 Å². The number of aromatic nitrogens is 1. The van der Waals surface area contributed by atoms with Crippen LogP contribution in [0, 0.1) is 0 Å². The van der Waals surface area contributed by atoms with Gasteiger partial charge in [-0.1, -0.05) is 36.7 Å². The Morgan fingerprint density at radius 1 is 1.40 bits per heavy atom. The van der Waals surface area contributed by atoms with Crippen molar-refractivity contribution in [2.75, 3.05) is 5.43 Å². The number of hydrogen-bond donors (Lipinski definition) is 2. The van der Waals surface area contributed by atoms with Gasteiger partial charge < -0.3 is 5.11 Å². The number of hydrazone groups is 1. The van der Waals surface area contributed by atoms with Crippen molar-refractivity contribution in [3.8, 4) is 5.75 Å². The van der Waals surface area contributed by atoms with Crippen molar-refractivity contribution in [2.24, 2.45) is 5.10 Å². The van der Waals surface area contributed by atoms with Crippen molar-refractivity contribution < 1.29 is 5.11 Å². The van der Waals surface area contributed by atoms with Gasteiger partial charge in [0.25, 0.3) is 0 Å². The van der Waals surface area contributed by atoms with Crippen LogP contribution in [0.5, 0.6) is 5.75 Å². The number of benzene rings is 1. The first kappa shape index (κ1) is 15.0. The molecule has 0 aliphatic carbocycles. The van der Waals surface area contributed by atoms with Gasteiger partial charge in [-0.25, -0.2) is 4.98 Å². The van der Waals surface area contributed by atoms with E-state index in [2.05, 4.69) is 52.2 Å². The standard InChI is InChI=1S/C14H16BrN3OS/c1-14(2,3)12-8-20-13(17-12)18-16-7-9-6-10(15)4-5-11(9)19/h4-8,19H,1-3H3,(H,17,18)/b16-7-. The Morgan fingerprint density at radius 2 is 2.15 bits per heavy atom. The van der Waals surface area contributed by atoms with Gasteiger partial charge >= 0.3 is 0 Å². The lowest BCUT2D eigenvalue weighted by molar-refractivity contribution is 0.474. The molecular weight excluding hydrogens is 338 g/mol. The van der Waals surface area contributed by atoms with Crippen molar-refractivity contribution in [3.05, 3.63) is 39.3 Å². The van der Waals surface area contributed by atoms with Gasteiger partial charge in [-0.2, -0.15) is 5.10 Å². The van der Waals surface area contributed by atoms with Crippen LogP contribution in [0.4, 0.5) is 5.13 Å². The Morgan fingerprint density at radius 3 is 2.80 bits per heavy atom. The van der Waals surface area contributed by atoms with Crippen LogP contribution in [0.25, 0.3) is 0 Å². The Bertz CT molecular complexity index is 632. The van der Waals surface area contributed by atoms with Crippen LogP contribution >= 0.6 is 27.3 Å². The van der Waals surface area contributed by atoms with Crippen LogP contribution in [0.1, 0.15) is 32.0 Å². The van der Waals surface area contributed by atoms with Gasteiger partial charge in [-0.3, -0.25) is 5.43 Å². The van der Waals surface area contributed by atoms with E-state index >= 15 is 0 Å². The monoisotopic (exact) mass is 353 g/mol. The number of thiazole rings is 1. The Balaban J connectivity index is 2.07.